The highest BCUT2D eigenvalue weighted by atomic mass is 35.5. The van der Waals surface area contributed by atoms with Gasteiger partial charge in [-0.25, -0.2) is 0 Å². The summed E-state index contributed by atoms with van der Waals surface area (Å²) in [5, 5.41) is 9.01. The van der Waals surface area contributed by atoms with Crippen molar-refractivity contribution in [2.24, 2.45) is 0 Å². The number of rotatable bonds is 11. The highest BCUT2D eigenvalue weighted by Gasteiger charge is 2.17. The number of carbonyl (C=O) groups is 3. The van der Waals surface area contributed by atoms with Crippen molar-refractivity contribution >= 4 is 58.5 Å². The van der Waals surface area contributed by atoms with Crippen LogP contribution < -0.4 is 20.7 Å². The molecule has 0 unspecified atom stereocenters. The summed E-state index contributed by atoms with van der Waals surface area (Å²) in [6, 6.07) is 31.9. The molecule has 1 aromatic heterocycles. The smallest absolute Gasteiger partial charge is 0.272 e. The largest absolute Gasteiger partial charge is 0.496 e. The number of hydrogen-bond acceptors (Lipinski definition) is 6. The van der Waals surface area contributed by atoms with Gasteiger partial charge in [0.1, 0.15) is 23.0 Å². The Bertz CT molecular complexity index is 1890. The fourth-order valence-corrected chi connectivity index (χ4v) is 5.29. The SMILES string of the molecule is COc1ccccc1-c1ccc(C=C(NC(=O)c2ccccc2)C(=O)Nc2ccc(SCC(=O)Nc3cccc(Cl)c3C)cc2)o1. The van der Waals surface area contributed by atoms with Crippen LogP contribution >= 0.6 is 23.4 Å². The summed E-state index contributed by atoms with van der Waals surface area (Å²) in [5.74, 6) is 0.577. The number of thioether (sulfide) groups is 1. The average Bonchev–Trinajstić information content (AvgIpc) is 3.55. The van der Waals surface area contributed by atoms with Gasteiger partial charge < -0.3 is 25.1 Å². The van der Waals surface area contributed by atoms with Gasteiger partial charge in [-0.1, -0.05) is 48.0 Å². The van der Waals surface area contributed by atoms with Gasteiger partial charge in [-0.3, -0.25) is 14.4 Å². The van der Waals surface area contributed by atoms with Gasteiger partial charge in [-0.05, 0) is 85.3 Å². The lowest BCUT2D eigenvalue weighted by Gasteiger charge is -2.12. The Kier molecular flexibility index (Phi) is 10.6. The lowest BCUT2D eigenvalue weighted by Crippen LogP contribution is -2.30. The summed E-state index contributed by atoms with van der Waals surface area (Å²) < 4.78 is 11.5. The zero-order valence-electron chi connectivity index (χ0n) is 25.0. The Morgan fingerprint density at radius 3 is 2.35 bits per heavy atom. The summed E-state index contributed by atoms with van der Waals surface area (Å²) in [4.78, 5) is 39.8. The highest BCUT2D eigenvalue weighted by Crippen LogP contribution is 2.31. The van der Waals surface area contributed by atoms with Crippen molar-refractivity contribution in [3.63, 3.8) is 0 Å². The predicted octanol–water partition coefficient (Wildman–Crippen LogP) is 8.06. The molecule has 0 aliphatic carbocycles. The Labute approximate surface area is 275 Å². The number of anilines is 2. The first-order valence-corrected chi connectivity index (χ1v) is 15.6. The molecule has 0 spiro atoms. The van der Waals surface area contributed by atoms with Gasteiger partial charge in [0.15, 0.2) is 0 Å². The molecule has 10 heteroatoms. The summed E-state index contributed by atoms with van der Waals surface area (Å²) in [7, 11) is 1.58. The summed E-state index contributed by atoms with van der Waals surface area (Å²) >= 11 is 7.50. The number of methoxy groups -OCH3 is 1. The van der Waals surface area contributed by atoms with Crippen LogP contribution in [0, 0.1) is 6.92 Å². The monoisotopic (exact) mass is 651 g/mol. The minimum atomic E-state index is -0.545. The lowest BCUT2D eigenvalue weighted by molar-refractivity contribution is -0.114. The number of furan rings is 1. The third-order valence-electron chi connectivity index (χ3n) is 6.84. The van der Waals surface area contributed by atoms with Gasteiger partial charge in [0.05, 0.1) is 18.4 Å². The van der Waals surface area contributed by atoms with Crippen LogP contribution in [0.5, 0.6) is 5.75 Å². The molecular formula is C36H30ClN3O5S. The number of ether oxygens (including phenoxy) is 1. The van der Waals surface area contributed by atoms with Crippen LogP contribution in [0.3, 0.4) is 0 Å². The Morgan fingerprint density at radius 2 is 1.59 bits per heavy atom. The molecule has 5 aromatic rings. The molecule has 0 saturated carbocycles. The molecule has 0 radical (unpaired) electrons. The molecule has 0 saturated heterocycles. The number of para-hydroxylation sites is 1. The van der Waals surface area contributed by atoms with Crippen molar-refractivity contribution in [3.8, 4) is 17.1 Å². The van der Waals surface area contributed by atoms with E-state index in [0.29, 0.717) is 39.2 Å². The molecule has 4 aromatic carbocycles. The molecule has 3 N–H and O–H groups in total. The third kappa shape index (κ3) is 8.26. The number of hydrogen-bond donors (Lipinski definition) is 3. The number of amides is 3. The maximum Gasteiger partial charge on any atom is 0.272 e. The molecule has 1 heterocycles. The van der Waals surface area contributed by atoms with E-state index in [2.05, 4.69) is 16.0 Å². The van der Waals surface area contributed by atoms with E-state index >= 15 is 0 Å². The standard InChI is InChI=1S/C36H30ClN3O5S/c1-23-29(37)12-8-13-30(23)39-34(41)22-46-27-18-15-25(16-19-27)38-36(43)31(40-35(42)24-9-4-3-5-10-24)21-26-17-20-33(45-26)28-11-6-7-14-32(28)44-2/h3-21H,22H2,1-2H3,(H,38,43)(H,39,41)(H,40,42). The van der Waals surface area contributed by atoms with Crippen LogP contribution in [0.1, 0.15) is 21.7 Å². The lowest BCUT2D eigenvalue weighted by atomic mass is 10.1. The van der Waals surface area contributed by atoms with E-state index in [1.807, 2.05) is 31.2 Å². The zero-order chi connectivity index (χ0) is 32.5. The maximum absolute atomic E-state index is 13.5. The van der Waals surface area contributed by atoms with Gasteiger partial charge in [0.2, 0.25) is 5.91 Å². The Balaban J connectivity index is 1.28. The van der Waals surface area contributed by atoms with Crippen molar-refractivity contribution in [2.75, 3.05) is 23.5 Å². The zero-order valence-corrected chi connectivity index (χ0v) is 26.6. The van der Waals surface area contributed by atoms with Gasteiger partial charge >= 0.3 is 0 Å². The van der Waals surface area contributed by atoms with Crippen LogP contribution in [0.2, 0.25) is 5.02 Å². The van der Waals surface area contributed by atoms with Crippen molar-refractivity contribution in [2.45, 2.75) is 11.8 Å². The number of halogens is 1. The van der Waals surface area contributed by atoms with Gasteiger partial charge in [-0.2, -0.15) is 0 Å². The average molecular weight is 652 g/mol. The molecule has 8 nitrogen and oxygen atoms in total. The highest BCUT2D eigenvalue weighted by molar-refractivity contribution is 8.00. The molecule has 0 aliphatic rings. The molecule has 3 amide bonds. The molecule has 232 valence electrons. The van der Waals surface area contributed by atoms with Crippen LogP contribution in [0.25, 0.3) is 17.4 Å². The number of carbonyl (C=O) groups excluding carboxylic acids is 3. The quantitative estimate of drug-likeness (QED) is 0.0985. The Morgan fingerprint density at radius 1 is 0.848 bits per heavy atom. The van der Waals surface area contributed by atoms with E-state index in [1.165, 1.54) is 17.8 Å². The number of nitrogens with one attached hydrogen (secondary N) is 3. The van der Waals surface area contributed by atoms with Crippen molar-refractivity contribution in [3.05, 3.63) is 137 Å². The molecule has 5 rings (SSSR count). The topological polar surface area (TPSA) is 110 Å². The minimum absolute atomic E-state index is 0.0128. The van der Waals surface area contributed by atoms with Crippen LogP contribution in [0.4, 0.5) is 11.4 Å². The molecule has 0 bridgehead atoms. The first kappa shape index (κ1) is 32.2. The molecule has 46 heavy (non-hydrogen) atoms. The number of benzene rings is 4. The van der Waals surface area contributed by atoms with Crippen molar-refractivity contribution in [1.29, 1.82) is 0 Å². The van der Waals surface area contributed by atoms with E-state index < -0.39 is 11.8 Å². The third-order valence-corrected chi connectivity index (χ3v) is 8.26. The first-order chi connectivity index (χ1) is 22.3. The van der Waals surface area contributed by atoms with Gasteiger partial charge in [-0.15, -0.1) is 11.8 Å². The van der Waals surface area contributed by atoms with E-state index in [1.54, 1.807) is 92.0 Å². The predicted molar refractivity (Wildman–Crippen MR) is 183 cm³/mol. The normalized spacial score (nSPS) is 11.1. The fraction of sp³-hybridized carbons (Fsp3) is 0.0833. The van der Waals surface area contributed by atoms with E-state index in [0.717, 1.165) is 16.0 Å². The maximum atomic E-state index is 13.5. The van der Waals surface area contributed by atoms with Crippen LogP contribution in [0.15, 0.2) is 124 Å². The van der Waals surface area contributed by atoms with E-state index in [-0.39, 0.29) is 17.4 Å². The van der Waals surface area contributed by atoms with Crippen molar-refractivity contribution < 1.29 is 23.5 Å². The molecule has 0 aliphatic heterocycles. The van der Waals surface area contributed by atoms with Gasteiger partial charge in [0.25, 0.3) is 11.8 Å². The van der Waals surface area contributed by atoms with Crippen LogP contribution in [-0.2, 0) is 9.59 Å². The Hall–Kier alpha value is -5.25. The molecule has 0 atom stereocenters. The van der Waals surface area contributed by atoms with Gasteiger partial charge in [0, 0.05) is 32.9 Å². The second-order valence-electron chi connectivity index (χ2n) is 10.0. The fourth-order valence-electron chi connectivity index (χ4n) is 4.42. The molecular weight excluding hydrogens is 622 g/mol. The molecule has 0 fully saturated rings. The second kappa shape index (κ2) is 15.2. The summed E-state index contributed by atoms with van der Waals surface area (Å²) in [5.41, 5.74) is 3.11. The van der Waals surface area contributed by atoms with Crippen LogP contribution in [-0.4, -0.2) is 30.6 Å². The van der Waals surface area contributed by atoms with Crippen molar-refractivity contribution in [1.82, 2.24) is 5.32 Å². The second-order valence-corrected chi connectivity index (χ2v) is 11.5. The first-order valence-electron chi connectivity index (χ1n) is 14.2. The minimum Gasteiger partial charge on any atom is -0.496 e. The summed E-state index contributed by atoms with van der Waals surface area (Å²) in [6.45, 7) is 1.85. The van der Waals surface area contributed by atoms with E-state index in [4.69, 9.17) is 20.8 Å². The van der Waals surface area contributed by atoms with E-state index in [9.17, 15) is 14.4 Å². The summed E-state index contributed by atoms with van der Waals surface area (Å²) in [6.07, 6.45) is 1.47.